The summed E-state index contributed by atoms with van der Waals surface area (Å²) in [4.78, 5) is 35.7. The zero-order valence-electron chi connectivity index (χ0n) is 17.0. The lowest BCUT2D eigenvalue weighted by Crippen LogP contribution is -2.48. The number of methoxy groups -OCH3 is 1. The lowest BCUT2D eigenvalue weighted by molar-refractivity contribution is -0.131. The molecule has 0 aliphatic rings. The van der Waals surface area contributed by atoms with Crippen molar-refractivity contribution in [2.45, 2.75) is 64.3 Å². The minimum absolute atomic E-state index is 0.216. The number of hydrogen-bond donors (Lipinski definition) is 3. The van der Waals surface area contributed by atoms with E-state index >= 15 is 0 Å². The van der Waals surface area contributed by atoms with E-state index in [4.69, 9.17) is 10.5 Å². The zero-order chi connectivity index (χ0) is 20.8. The Morgan fingerprint density at radius 1 is 1.14 bits per heavy atom. The summed E-state index contributed by atoms with van der Waals surface area (Å²) in [5.74, 6) is -0.510. The van der Waals surface area contributed by atoms with Crippen molar-refractivity contribution in [2.75, 3.05) is 13.7 Å². The number of nitrogens with one attached hydrogen (secondary N) is 2. The zero-order valence-corrected chi connectivity index (χ0v) is 17.0. The maximum Gasteiger partial charge on any atom is 0.243 e. The quantitative estimate of drug-likeness (QED) is 0.422. The predicted molar refractivity (Wildman–Crippen MR) is 109 cm³/mol. The van der Waals surface area contributed by atoms with Crippen LogP contribution in [-0.2, 0) is 20.8 Å². The summed E-state index contributed by atoms with van der Waals surface area (Å²) in [7, 11) is 1.60. The van der Waals surface area contributed by atoms with E-state index in [1.807, 2.05) is 24.3 Å². The van der Waals surface area contributed by atoms with Crippen LogP contribution in [0.5, 0.6) is 5.75 Å². The minimum atomic E-state index is -0.939. The van der Waals surface area contributed by atoms with Crippen LogP contribution in [0.3, 0.4) is 0 Å². The van der Waals surface area contributed by atoms with E-state index in [-0.39, 0.29) is 12.3 Å². The van der Waals surface area contributed by atoms with E-state index in [9.17, 15) is 14.4 Å². The van der Waals surface area contributed by atoms with Gasteiger partial charge < -0.3 is 21.1 Å². The number of rotatable bonds is 14. The van der Waals surface area contributed by atoms with Gasteiger partial charge in [0.1, 0.15) is 11.8 Å². The fourth-order valence-electron chi connectivity index (χ4n) is 2.85. The molecule has 0 radical (unpaired) electrons. The van der Waals surface area contributed by atoms with Crippen LogP contribution >= 0.6 is 0 Å². The standard InChI is InChI=1S/C21H33N3O4/c1-3-4-5-6-7-11-20(26)24-18(15-19(22)25)21(27)23-13-12-16-9-8-10-17(14-16)28-2/h8-10,14,18H,3-7,11-13,15H2,1-2H3,(H2,22,25)(H,23,27)(H,24,26)/t18-/m1/s1. The summed E-state index contributed by atoms with van der Waals surface area (Å²) < 4.78 is 5.18. The van der Waals surface area contributed by atoms with E-state index in [1.165, 1.54) is 0 Å². The molecule has 7 heteroatoms. The number of primary amides is 1. The van der Waals surface area contributed by atoms with Gasteiger partial charge in [-0.2, -0.15) is 0 Å². The van der Waals surface area contributed by atoms with Gasteiger partial charge in [0.15, 0.2) is 0 Å². The Kier molecular flexibility index (Phi) is 11.4. The molecule has 7 nitrogen and oxygen atoms in total. The fourth-order valence-corrected chi connectivity index (χ4v) is 2.85. The third-order valence-corrected chi connectivity index (χ3v) is 4.41. The summed E-state index contributed by atoms with van der Waals surface area (Å²) in [5, 5.41) is 5.40. The van der Waals surface area contributed by atoms with Crippen LogP contribution < -0.4 is 21.1 Å². The average molecular weight is 392 g/mol. The predicted octanol–water partition coefficient (Wildman–Crippen LogP) is 2.07. The van der Waals surface area contributed by atoms with Crippen molar-refractivity contribution in [1.29, 1.82) is 0 Å². The monoisotopic (exact) mass is 391 g/mol. The molecule has 0 aromatic heterocycles. The Morgan fingerprint density at radius 2 is 1.89 bits per heavy atom. The summed E-state index contributed by atoms with van der Waals surface area (Å²) in [6.45, 7) is 2.52. The van der Waals surface area contributed by atoms with E-state index in [2.05, 4.69) is 17.6 Å². The van der Waals surface area contributed by atoms with E-state index < -0.39 is 17.9 Å². The Morgan fingerprint density at radius 3 is 2.57 bits per heavy atom. The van der Waals surface area contributed by atoms with Crippen LogP contribution in [-0.4, -0.2) is 37.4 Å². The fraction of sp³-hybridized carbons (Fsp3) is 0.571. The number of benzene rings is 1. The van der Waals surface area contributed by atoms with E-state index in [0.717, 1.165) is 43.4 Å². The van der Waals surface area contributed by atoms with Crippen LogP contribution in [0.4, 0.5) is 0 Å². The van der Waals surface area contributed by atoms with E-state index in [1.54, 1.807) is 7.11 Å². The van der Waals surface area contributed by atoms with Crippen molar-refractivity contribution in [2.24, 2.45) is 5.73 Å². The smallest absolute Gasteiger partial charge is 0.243 e. The number of ether oxygens (including phenoxy) is 1. The number of nitrogens with two attached hydrogens (primary N) is 1. The Hall–Kier alpha value is -2.57. The molecular formula is C21H33N3O4. The maximum atomic E-state index is 12.4. The van der Waals surface area contributed by atoms with Crippen molar-refractivity contribution < 1.29 is 19.1 Å². The molecule has 0 fully saturated rings. The molecule has 156 valence electrons. The highest BCUT2D eigenvalue weighted by atomic mass is 16.5. The molecule has 0 spiro atoms. The lowest BCUT2D eigenvalue weighted by atomic mass is 10.1. The normalized spacial score (nSPS) is 11.5. The minimum Gasteiger partial charge on any atom is -0.497 e. The largest absolute Gasteiger partial charge is 0.497 e. The molecule has 0 saturated heterocycles. The first-order valence-electron chi connectivity index (χ1n) is 9.94. The van der Waals surface area contributed by atoms with Gasteiger partial charge in [-0.25, -0.2) is 0 Å². The second kappa shape index (κ2) is 13.6. The molecule has 28 heavy (non-hydrogen) atoms. The summed E-state index contributed by atoms with van der Waals surface area (Å²) in [5.41, 5.74) is 6.25. The van der Waals surface area contributed by atoms with Crippen LogP contribution in [0.15, 0.2) is 24.3 Å². The van der Waals surface area contributed by atoms with Crippen molar-refractivity contribution in [3.63, 3.8) is 0 Å². The maximum absolute atomic E-state index is 12.4. The SMILES string of the molecule is CCCCCCCC(=O)N[C@H](CC(N)=O)C(=O)NCCc1cccc(OC)c1. The lowest BCUT2D eigenvalue weighted by Gasteiger charge is -2.17. The Bertz CT molecular complexity index is 634. The first-order chi connectivity index (χ1) is 13.5. The van der Waals surface area contributed by atoms with Gasteiger partial charge in [0.2, 0.25) is 17.7 Å². The first-order valence-corrected chi connectivity index (χ1v) is 9.94. The molecule has 4 N–H and O–H groups in total. The Labute approximate surface area is 167 Å². The van der Waals surface area contributed by atoms with Crippen LogP contribution in [0.1, 0.15) is 57.4 Å². The van der Waals surface area contributed by atoms with Gasteiger partial charge in [0, 0.05) is 13.0 Å². The molecule has 0 aliphatic heterocycles. The summed E-state index contributed by atoms with van der Waals surface area (Å²) in [6, 6.07) is 6.63. The molecular weight excluding hydrogens is 358 g/mol. The summed E-state index contributed by atoms with van der Waals surface area (Å²) in [6.07, 6.45) is 5.88. The van der Waals surface area contributed by atoms with Gasteiger partial charge in [-0.1, -0.05) is 44.7 Å². The van der Waals surface area contributed by atoms with Gasteiger partial charge >= 0.3 is 0 Å². The van der Waals surface area contributed by atoms with Crippen molar-refractivity contribution >= 4 is 17.7 Å². The molecule has 1 atom stereocenters. The Balaban J connectivity index is 2.45. The molecule has 0 aliphatic carbocycles. The number of unbranched alkanes of at least 4 members (excludes halogenated alkanes) is 4. The number of carbonyl (C=O) groups excluding carboxylic acids is 3. The second-order valence-corrected chi connectivity index (χ2v) is 6.85. The third kappa shape index (κ3) is 9.94. The van der Waals surface area contributed by atoms with Gasteiger partial charge in [-0.15, -0.1) is 0 Å². The molecule has 3 amide bonds. The molecule has 1 aromatic rings. The molecule has 1 rings (SSSR count). The molecule has 0 unspecified atom stereocenters. The number of hydrogen-bond acceptors (Lipinski definition) is 4. The van der Waals surface area contributed by atoms with E-state index in [0.29, 0.717) is 19.4 Å². The second-order valence-electron chi connectivity index (χ2n) is 6.85. The number of carbonyl (C=O) groups is 3. The van der Waals surface area contributed by atoms with Gasteiger partial charge in [-0.3, -0.25) is 14.4 Å². The van der Waals surface area contributed by atoms with Crippen LogP contribution in [0.25, 0.3) is 0 Å². The molecule has 0 heterocycles. The van der Waals surface area contributed by atoms with Crippen LogP contribution in [0, 0.1) is 0 Å². The van der Waals surface area contributed by atoms with Gasteiger partial charge in [-0.05, 0) is 30.5 Å². The average Bonchev–Trinajstić information content (AvgIpc) is 2.67. The molecule has 0 saturated carbocycles. The topological polar surface area (TPSA) is 111 Å². The highest BCUT2D eigenvalue weighted by molar-refractivity contribution is 5.91. The highest BCUT2D eigenvalue weighted by Crippen LogP contribution is 2.12. The first kappa shape index (κ1) is 23.5. The third-order valence-electron chi connectivity index (χ3n) is 4.41. The van der Waals surface area contributed by atoms with Crippen molar-refractivity contribution in [3.8, 4) is 5.75 Å². The van der Waals surface area contributed by atoms with Gasteiger partial charge in [0.25, 0.3) is 0 Å². The van der Waals surface area contributed by atoms with Crippen molar-refractivity contribution in [3.05, 3.63) is 29.8 Å². The molecule has 1 aromatic carbocycles. The van der Waals surface area contributed by atoms with Gasteiger partial charge in [0.05, 0.1) is 13.5 Å². The van der Waals surface area contributed by atoms with Crippen LogP contribution in [0.2, 0.25) is 0 Å². The summed E-state index contributed by atoms with van der Waals surface area (Å²) >= 11 is 0. The number of amides is 3. The highest BCUT2D eigenvalue weighted by Gasteiger charge is 2.22. The molecule has 0 bridgehead atoms. The van der Waals surface area contributed by atoms with Crippen molar-refractivity contribution in [1.82, 2.24) is 10.6 Å².